The monoisotopic (exact) mass is 304 g/mol. The summed E-state index contributed by atoms with van der Waals surface area (Å²) < 4.78 is 17.0. The third-order valence-corrected chi connectivity index (χ3v) is 3.67. The Morgan fingerprint density at radius 1 is 1.05 bits per heavy atom. The zero-order valence-electron chi connectivity index (χ0n) is 11.6. The lowest BCUT2D eigenvalue weighted by Gasteiger charge is -2.12. The average molecular weight is 305 g/mol. The Kier molecular flexibility index (Phi) is 4.76. The van der Waals surface area contributed by atoms with Crippen molar-refractivity contribution in [2.24, 2.45) is 0 Å². The Labute approximate surface area is 129 Å². The van der Waals surface area contributed by atoms with Crippen LogP contribution in [-0.2, 0) is 16.1 Å². The predicted octanol–water partition coefficient (Wildman–Crippen LogP) is 3.92. The van der Waals surface area contributed by atoms with Crippen LogP contribution in [0.1, 0.15) is 17.4 Å². The van der Waals surface area contributed by atoms with Crippen LogP contribution < -0.4 is 4.74 Å². The summed E-state index contributed by atoms with van der Waals surface area (Å²) in [5.41, 5.74) is 2.13. The SMILES string of the molecule is ClCC1COC(c2ccc(OCc3ccccc3)cc2)O1. The first kappa shape index (κ1) is 14.4. The second-order valence-electron chi connectivity index (χ2n) is 4.92. The van der Waals surface area contributed by atoms with Crippen LogP contribution in [0.25, 0.3) is 0 Å². The summed E-state index contributed by atoms with van der Waals surface area (Å²) in [7, 11) is 0. The number of benzene rings is 2. The quantitative estimate of drug-likeness (QED) is 0.784. The Morgan fingerprint density at radius 3 is 2.48 bits per heavy atom. The zero-order valence-corrected chi connectivity index (χ0v) is 12.3. The molecule has 2 atom stereocenters. The Hall–Kier alpha value is -1.55. The summed E-state index contributed by atoms with van der Waals surface area (Å²) in [6, 6.07) is 17.9. The van der Waals surface area contributed by atoms with E-state index in [0.29, 0.717) is 19.1 Å². The number of halogens is 1. The Balaban J connectivity index is 1.57. The first-order valence-electron chi connectivity index (χ1n) is 6.95. The molecule has 4 heteroatoms. The summed E-state index contributed by atoms with van der Waals surface area (Å²) in [5, 5.41) is 0. The van der Waals surface area contributed by atoms with Crippen LogP contribution in [0.2, 0.25) is 0 Å². The highest BCUT2D eigenvalue weighted by molar-refractivity contribution is 6.18. The first-order chi connectivity index (χ1) is 10.3. The van der Waals surface area contributed by atoms with E-state index in [4.69, 9.17) is 25.8 Å². The highest BCUT2D eigenvalue weighted by Gasteiger charge is 2.26. The second kappa shape index (κ2) is 6.94. The zero-order chi connectivity index (χ0) is 14.5. The van der Waals surface area contributed by atoms with Crippen LogP contribution in [0.4, 0.5) is 0 Å². The molecule has 0 aromatic heterocycles. The smallest absolute Gasteiger partial charge is 0.184 e. The molecule has 1 heterocycles. The van der Waals surface area contributed by atoms with Gasteiger partial charge in [-0.2, -0.15) is 0 Å². The molecule has 1 aliphatic heterocycles. The van der Waals surface area contributed by atoms with Crippen molar-refractivity contribution >= 4 is 11.6 Å². The van der Waals surface area contributed by atoms with Gasteiger partial charge in [-0.1, -0.05) is 42.5 Å². The summed E-state index contributed by atoms with van der Waals surface area (Å²) in [5.74, 6) is 1.28. The predicted molar refractivity (Wildman–Crippen MR) is 81.5 cm³/mol. The average Bonchev–Trinajstić information content (AvgIpc) is 3.03. The van der Waals surface area contributed by atoms with Crippen molar-refractivity contribution in [1.82, 2.24) is 0 Å². The van der Waals surface area contributed by atoms with Crippen LogP contribution in [0.5, 0.6) is 5.75 Å². The molecule has 0 saturated carbocycles. The van der Waals surface area contributed by atoms with Gasteiger partial charge >= 0.3 is 0 Å². The number of hydrogen-bond acceptors (Lipinski definition) is 3. The third-order valence-electron chi connectivity index (χ3n) is 3.32. The molecular formula is C17H17ClO3. The summed E-state index contributed by atoms with van der Waals surface area (Å²) >= 11 is 5.76. The first-order valence-corrected chi connectivity index (χ1v) is 7.48. The van der Waals surface area contributed by atoms with E-state index >= 15 is 0 Å². The highest BCUT2D eigenvalue weighted by atomic mass is 35.5. The molecule has 3 nitrogen and oxygen atoms in total. The number of rotatable bonds is 5. The Morgan fingerprint density at radius 2 is 1.81 bits per heavy atom. The van der Waals surface area contributed by atoms with Crippen LogP contribution in [0.3, 0.4) is 0 Å². The second-order valence-corrected chi connectivity index (χ2v) is 5.23. The van der Waals surface area contributed by atoms with Crippen molar-refractivity contribution in [2.45, 2.75) is 19.0 Å². The van der Waals surface area contributed by atoms with E-state index in [1.807, 2.05) is 54.6 Å². The summed E-state index contributed by atoms with van der Waals surface area (Å²) in [6.45, 7) is 1.10. The van der Waals surface area contributed by atoms with Gasteiger partial charge in [-0.15, -0.1) is 11.6 Å². The van der Waals surface area contributed by atoms with Gasteiger partial charge in [0.05, 0.1) is 18.6 Å². The minimum absolute atomic E-state index is 0.0225. The van der Waals surface area contributed by atoms with Gasteiger partial charge < -0.3 is 14.2 Å². The molecule has 0 spiro atoms. The molecule has 2 aromatic rings. The lowest BCUT2D eigenvalue weighted by Crippen LogP contribution is -2.10. The molecule has 21 heavy (non-hydrogen) atoms. The fraction of sp³-hybridized carbons (Fsp3) is 0.294. The lowest BCUT2D eigenvalue weighted by atomic mass is 10.2. The van der Waals surface area contributed by atoms with E-state index in [1.54, 1.807) is 0 Å². The van der Waals surface area contributed by atoms with E-state index in [-0.39, 0.29) is 12.4 Å². The topological polar surface area (TPSA) is 27.7 Å². The van der Waals surface area contributed by atoms with Crippen LogP contribution in [-0.4, -0.2) is 18.6 Å². The third kappa shape index (κ3) is 3.76. The molecule has 110 valence electrons. The van der Waals surface area contributed by atoms with E-state index in [1.165, 1.54) is 0 Å². The molecule has 2 aromatic carbocycles. The van der Waals surface area contributed by atoms with Crippen LogP contribution >= 0.6 is 11.6 Å². The molecule has 0 N–H and O–H groups in total. The number of ether oxygens (including phenoxy) is 3. The van der Waals surface area contributed by atoms with Crippen molar-refractivity contribution in [3.63, 3.8) is 0 Å². The molecule has 1 saturated heterocycles. The molecule has 3 rings (SSSR count). The van der Waals surface area contributed by atoms with Gasteiger partial charge in [0, 0.05) is 5.56 Å². The summed E-state index contributed by atoms with van der Waals surface area (Å²) in [4.78, 5) is 0. The van der Waals surface area contributed by atoms with Crippen molar-refractivity contribution in [3.05, 3.63) is 65.7 Å². The normalized spacial score (nSPS) is 21.4. The standard InChI is InChI=1S/C17H17ClO3/c18-10-16-12-20-17(21-16)14-6-8-15(9-7-14)19-11-13-4-2-1-3-5-13/h1-9,16-17H,10-12H2. The lowest BCUT2D eigenvalue weighted by molar-refractivity contribution is -0.0567. The van der Waals surface area contributed by atoms with E-state index < -0.39 is 0 Å². The van der Waals surface area contributed by atoms with Crippen molar-refractivity contribution in [1.29, 1.82) is 0 Å². The van der Waals surface area contributed by atoms with E-state index in [2.05, 4.69) is 0 Å². The summed E-state index contributed by atoms with van der Waals surface area (Å²) in [6.07, 6.45) is -0.345. The molecule has 1 fully saturated rings. The number of alkyl halides is 1. The maximum absolute atomic E-state index is 5.76. The Bertz CT molecular complexity index is 556. The number of hydrogen-bond donors (Lipinski definition) is 0. The van der Waals surface area contributed by atoms with Crippen molar-refractivity contribution in [3.8, 4) is 5.75 Å². The van der Waals surface area contributed by atoms with Gasteiger partial charge in [0.15, 0.2) is 6.29 Å². The minimum Gasteiger partial charge on any atom is -0.489 e. The molecule has 2 unspecified atom stereocenters. The van der Waals surface area contributed by atoms with Crippen molar-refractivity contribution in [2.75, 3.05) is 12.5 Å². The molecule has 0 amide bonds. The van der Waals surface area contributed by atoms with Gasteiger partial charge in [-0.05, 0) is 17.7 Å². The molecule has 0 bridgehead atoms. The molecule has 0 radical (unpaired) electrons. The van der Waals surface area contributed by atoms with E-state index in [0.717, 1.165) is 16.9 Å². The fourth-order valence-electron chi connectivity index (χ4n) is 2.17. The highest BCUT2D eigenvalue weighted by Crippen LogP contribution is 2.28. The van der Waals surface area contributed by atoms with Crippen molar-refractivity contribution < 1.29 is 14.2 Å². The van der Waals surface area contributed by atoms with E-state index in [9.17, 15) is 0 Å². The van der Waals surface area contributed by atoms with Gasteiger partial charge in [-0.25, -0.2) is 0 Å². The maximum Gasteiger partial charge on any atom is 0.184 e. The van der Waals surface area contributed by atoms with Gasteiger partial charge in [-0.3, -0.25) is 0 Å². The van der Waals surface area contributed by atoms with Crippen LogP contribution in [0, 0.1) is 0 Å². The molecule has 1 aliphatic rings. The largest absolute Gasteiger partial charge is 0.489 e. The van der Waals surface area contributed by atoms with Gasteiger partial charge in [0.1, 0.15) is 12.4 Å². The van der Waals surface area contributed by atoms with Gasteiger partial charge in [0.25, 0.3) is 0 Å². The minimum atomic E-state index is -0.322. The molecule has 0 aliphatic carbocycles. The fourth-order valence-corrected chi connectivity index (χ4v) is 2.33. The maximum atomic E-state index is 5.76. The van der Waals surface area contributed by atoms with Gasteiger partial charge in [0.2, 0.25) is 0 Å². The van der Waals surface area contributed by atoms with Crippen LogP contribution in [0.15, 0.2) is 54.6 Å². The molecular weight excluding hydrogens is 288 g/mol.